The molecular formula is C23H25N3O6. The third kappa shape index (κ3) is 4.88. The Hall–Kier alpha value is -3.88. The van der Waals surface area contributed by atoms with Crippen LogP contribution in [0.4, 0.5) is 0 Å². The number of carbonyl (C=O) groups is 2. The lowest BCUT2D eigenvalue weighted by molar-refractivity contribution is -0.140. The molecule has 9 nitrogen and oxygen atoms in total. The Kier molecular flexibility index (Phi) is 7.09. The highest BCUT2D eigenvalue weighted by molar-refractivity contribution is 5.89. The summed E-state index contributed by atoms with van der Waals surface area (Å²) in [5.41, 5.74) is 2.08. The Morgan fingerprint density at radius 1 is 1.19 bits per heavy atom. The van der Waals surface area contributed by atoms with Crippen molar-refractivity contribution in [1.29, 1.82) is 0 Å². The predicted octanol–water partition coefficient (Wildman–Crippen LogP) is 2.31. The largest absolute Gasteiger partial charge is 0.507 e. The molecule has 1 aromatic carbocycles. The van der Waals surface area contributed by atoms with Gasteiger partial charge < -0.3 is 24.1 Å². The number of H-pyrrole nitrogens is 1. The van der Waals surface area contributed by atoms with Crippen molar-refractivity contribution >= 4 is 11.9 Å². The van der Waals surface area contributed by atoms with Crippen molar-refractivity contribution in [3.63, 3.8) is 0 Å². The molecule has 0 amide bonds. The zero-order valence-electron chi connectivity index (χ0n) is 18.1. The van der Waals surface area contributed by atoms with Crippen LogP contribution in [0.2, 0.25) is 0 Å². The lowest BCUT2D eigenvalue weighted by atomic mass is 9.88. The van der Waals surface area contributed by atoms with Crippen LogP contribution in [0, 0.1) is 6.92 Å². The first kappa shape index (κ1) is 22.8. The minimum absolute atomic E-state index is 0.0939. The molecule has 1 unspecified atom stereocenters. The molecule has 1 atom stereocenters. The Labute approximate surface area is 184 Å². The molecule has 0 fully saturated rings. The fourth-order valence-electron chi connectivity index (χ4n) is 3.63. The van der Waals surface area contributed by atoms with Crippen molar-refractivity contribution in [2.24, 2.45) is 0 Å². The molecule has 0 aliphatic rings. The Morgan fingerprint density at radius 3 is 2.50 bits per heavy atom. The number of benzene rings is 1. The van der Waals surface area contributed by atoms with Crippen molar-refractivity contribution in [3.05, 3.63) is 81.3 Å². The number of nitrogens with zero attached hydrogens (tertiary/aromatic N) is 2. The molecule has 0 saturated heterocycles. The number of hydrogen-bond acceptors (Lipinski definition) is 7. The van der Waals surface area contributed by atoms with Gasteiger partial charge in [0.25, 0.3) is 5.56 Å². The smallest absolute Gasteiger partial charge is 0.337 e. The monoisotopic (exact) mass is 439 g/mol. The number of methoxy groups -OCH3 is 2. The number of aromatic amines is 1. The fourth-order valence-corrected chi connectivity index (χ4v) is 3.63. The molecule has 0 spiro atoms. The minimum Gasteiger partial charge on any atom is -0.507 e. The van der Waals surface area contributed by atoms with E-state index < -0.39 is 23.4 Å². The SMILES string of the molecule is COC(=O)CC(c1ccc(C(=O)OC)cc1)c1c(O)cc(C)n(CCc2cnc[nH]2)c1=O. The van der Waals surface area contributed by atoms with Gasteiger partial charge in [-0.3, -0.25) is 9.59 Å². The number of aromatic hydroxyl groups is 1. The van der Waals surface area contributed by atoms with Gasteiger partial charge in [0, 0.05) is 36.5 Å². The summed E-state index contributed by atoms with van der Waals surface area (Å²) >= 11 is 0. The van der Waals surface area contributed by atoms with Gasteiger partial charge in [-0.2, -0.15) is 0 Å². The lowest BCUT2D eigenvalue weighted by Gasteiger charge is -2.20. The zero-order valence-corrected chi connectivity index (χ0v) is 18.1. The Morgan fingerprint density at radius 2 is 1.91 bits per heavy atom. The van der Waals surface area contributed by atoms with Gasteiger partial charge in [-0.1, -0.05) is 12.1 Å². The average molecular weight is 439 g/mol. The zero-order chi connectivity index (χ0) is 23.3. The Balaban J connectivity index is 2.05. The van der Waals surface area contributed by atoms with E-state index in [0.29, 0.717) is 29.8 Å². The van der Waals surface area contributed by atoms with Crippen LogP contribution in [0.15, 0.2) is 47.7 Å². The van der Waals surface area contributed by atoms with Gasteiger partial charge in [0.2, 0.25) is 0 Å². The fraction of sp³-hybridized carbons (Fsp3) is 0.304. The molecule has 0 bridgehead atoms. The predicted molar refractivity (Wildman–Crippen MR) is 116 cm³/mol. The third-order valence-corrected chi connectivity index (χ3v) is 5.36. The highest BCUT2D eigenvalue weighted by Crippen LogP contribution is 2.32. The number of rotatable bonds is 8. The summed E-state index contributed by atoms with van der Waals surface area (Å²) in [5.74, 6) is -1.99. The molecule has 32 heavy (non-hydrogen) atoms. The van der Waals surface area contributed by atoms with Crippen molar-refractivity contribution in [2.45, 2.75) is 32.2 Å². The second kappa shape index (κ2) is 9.95. The number of aryl methyl sites for hydroxylation is 2. The average Bonchev–Trinajstić information content (AvgIpc) is 3.31. The lowest BCUT2D eigenvalue weighted by Crippen LogP contribution is -2.29. The standard InChI is InChI=1S/C23H25N3O6/c1-14-10-19(27)21(22(29)26(14)9-8-17-12-24-13-25-17)18(11-20(28)31-2)15-4-6-16(7-5-15)23(30)32-3/h4-7,10,12-13,18,27H,8-9,11H2,1-3H3,(H,24,25). The van der Waals surface area contributed by atoms with Gasteiger partial charge in [0.15, 0.2) is 0 Å². The molecule has 3 rings (SSSR count). The molecular weight excluding hydrogens is 414 g/mol. The normalized spacial score (nSPS) is 11.7. The minimum atomic E-state index is -0.763. The number of hydrogen-bond donors (Lipinski definition) is 2. The Bertz CT molecular complexity index is 1150. The molecule has 2 N–H and O–H groups in total. The van der Waals surface area contributed by atoms with Crippen molar-refractivity contribution in [1.82, 2.24) is 14.5 Å². The van der Waals surface area contributed by atoms with Crippen LogP contribution in [0.1, 0.15) is 45.2 Å². The van der Waals surface area contributed by atoms with E-state index in [2.05, 4.69) is 9.97 Å². The van der Waals surface area contributed by atoms with Crippen molar-refractivity contribution in [2.75, 3.05) is 14.2 Å². The number of ether oxygens (including phenoxy) is 2. The van der Waals surface area contributed by atoms with E-state index in [9.17, 15) is 19.5 Å². The highest BCUT2D eigenvalue weighted by atomic mass is 16.5. The van der Waals surface area contributed by atoms with Crippen molar-refractivity contribution < 1.29 is 24.2 Å². The highest BCUT2D eigenvalue weighted by Gasteiger charge is 2.27. The van der Waals surface area contributed by atoms with E-state index in [1.807, 2.05) is 0 Å². The number of imidazole rings is 1. The van der Waals surface area contributed by atoms with Gasteiger partial charge in [0.05, 0.1) is 38.1 Å². The summed E-state index contributed by atoms with van der Waals surface area (Å²) in [6, 6.07) is 7.87. The van der Waals surface area contributed by atoms with Crippen LogP contribution in [0.5, 0.6) is 5.75 Å². The van der Waals surface area contributed by atoms with Crippen LogP contribution in [0.3, 0.4) is 0 Å². The second-order valence-electron chi connectivity index (χ2n) is 7.31. The quantitative estimate of drug-likeness (QED) is 0.516. The summed E-state index contributed by atoms with van der Waals surface area (Å²) in [6.07, 6.45) is 3.64. The second-order valence-corrected chi connectivity index (χ2v) is 7.31. The van der Waals surface area contributed by atoms with Crippen LogP contribution in [-0.4, -0.2) is 45.8 Å². The summed E-state index contributed by atoms with van der Waals surface area (Å²) in [5, 5.41) is 10.7. The molecule has 3 aromatic rings. The maximum absolute atomic E-state index is 13.4. The van der Waals surface area contributed by atoms with Crippen molar-refractivity contribution in [3.8, 4) is 5.75 Å². The number of aromatic nitrogens is 3. The molecule has 9 heteroatoms. The van der Waals surface area contributed by atoms with Crippen LogP contribution >= 0.6 is 0 Å². The first-order valence-electron chi connectivity index (χ1n) is 10.0. The van der Waals surface area contributed by atoms with Crippen LogP contribution in [-0.2, 0) is 27.2 Å². The molecule has 2 heterocycles. The summed E-state index contributed by atoms with van der Waals surface area (Å²) < 4.78 is 11.1. The van der Waals surface area contributed by atoms with E-state index in [-0.39, 0.29) is 17.7 Å². The van der Waals surface area contributed by atoms with E-state index in [1.54, 1.807) is 48.3 Å². The molecule has 0 aliphatic carbocycles. The van der Waals surface area contributed by atoms with E-state index in [1.165, 1.54) is 20.3 Å². The summed E-state index contributed by atoms with van der Waals surface area (Å²) in [4.78, 5) is 44.3. The van der Waals surface area contributed by atoms with E-state index in [0.717, 1.165) is 5.69 Å². The third-order valence-electron chi connectivity index (χ3n) is 5.36. The van der Waals surface area contributed by atoms with Gasteiger partial charge in [0.1, 0.15) is 5.75 Å². The van der Waals surface area contributed by atoms with Crippen LogP contribution < -0.4 is 5.56 Å². The first-order valence-corrected chi connectivity index (χ1v) is 10.0. The molecule has 2 aromatic heterocycles. The maximum Gasteiger partial charge on any atom is 0.337 e. The molecule has 0 saturated carbocycles. The number of carbonyl (C=O) groups excluding carboxylic acids is 2. The topological polar surface area (TPSA) is 124 Å². The molecule has 168 valence electrons. The van der Waals surface area contributed by atoms with E-state index in [4.69, 9.17) is 9.47 Å². The van der Waals surface area contributed by atoms with Gasteiger partial charge >= 0.3 is 11.9 Å². The number of esters is 2. The summed E-state index contributed by atoms with van der Waals surface area (Å²) in [6.45, 7) is 2.10. The van der Waals surface area contributed by atoms with E-state index >= 15 is 0 Å². The first-order chi connectivity index (χ1) is 15.3. The number of nitrogens with one attached hydrogen (secondary N) is 1. The van der Waals surface area contributed by atoms with Crippen LogP contribution in [0.25, 0.3) is 0 Å². The molecule has 0 radical (unpaired) electrons. The van der Waals surface area contributed by atoms with Gasteiger partial charge in [-0.05, 0) is 30.7 Å². The summed E-state index contributed by atoms with van der Waals surface area (Å²) in [7, 11) is 2.55. The van der Waals surface area contributed by atoms with Gasteiger partial charge in [-0.15, -0.1) is 0 Å². The maximum atomic E-state index is 13.4. The number of pyridine rings is 1. The van der Waals surface area contributed by atoms with Gasteiger partial charge in [-0.25, -0.2) is 9.78 Å². The molecule has 0 aliphatic heterocycles.